The summed E-state index contributed by atoms with van der Waals surface area (Å²) in [6.45, 7) is 2.95. The highest BCUT2D eigenvalue weighted by Crippen LogP contribution is 2.23. The molecule has 2 amide bonds. The lowest BCUT2D eigenvalue weighted by molar-refractivity contribution is -0.140. The van der Waals surface area contributed by atoms with Gasteiger partial charge in [-0.15, -0.1) is 0 Å². The molecule has 1 N–H and O–H groups in total. The second kappa shape index (κ2) is 12.9. The molecule has 0 fully saturated rings. The zero-order chi connectivity index (χ0) is 27.9. The number of nitrogens with zero attached hydrogens (tertiary/aromatic N) is 2. The monoisotopic (exact) mass is 559 g/mol. The van der Waals surface area contributed by atoms with Crippen molar-refractivity contribution in [1.82, 2.24) is 10.2 Å². The van der Waals surface area contributed by atoms with Crippen molar-refractivity contribution in [3.05, 3.63) is 101 Å². The van der Waals surface area contributed by atoms with Crippen LogP contribution in [0.25, 0.3) is 0 Å². The van der Waals surface area contributed by atoms with Gasteiger partial charge in [0.05, 0.1) is 11.9 Å². The molecule has 3 aromatic rings. The summed E-state index contributed by atoms with van der Waals surface area (Å²) >= 11 is 6.41. The van der Waals surface area contributed by atoms with Crippen molar-refractivity contribution in [1.29, 1.82) is 0 Å². The Hall–Kier alpha value is -3.43. The fourth-order valence-electron chi connectivity index (χ4n) is 3.99. The first-order valence-electron chi connectivity index (χ1n) is 12.1. The van der Waals surface area contributed by atoms with Gasteiger partial charge in [0.25, 0.3) is 0 Å². The molecule has 0 aliphatic heterocycles. The minimum Gasteiger partial charge on any atom is -0.352 e. The van der Waals surface area contributed by atoms with Gasteiger partial charge in [0, 0.05) is 24.0 Å². The third-order valence-electron chi connectivity index (χ3n) is 5.78. The maximum atomic E-state index is 14.0. The Morgan fingerprint density at radius 2 is 1.63 bits per heavy atom. The molecule has 0 aromatic heterocycles. The maximum Gasteiger partial charge on any atom is 0.244 e. The predicted octanol–water partition coefficient (Wildman–Crippen LogP) is 4.41. The summed E-state index contributed by atoms with van der Waals surface area (Å²) in [4.78, 5) is 28.7. The Balaban J connectivity index is 2.07. The molecule has 0 aliphatic rings. The van der Waals surface area contributed by atoms with Crippen molar-refractivity contribution < 1.29 is 22.4 Å². The van der Waals surface area contributed by atoms with Gasteiger partial charge in [-0.05, 0) is 49.2 Å². The van der Waals surface area contributed by atoms with Crippen LogP contribution in [-0.2, 0) is 32.6 Å². The number of nitrogens with one attached hydrogen (secondary N) is 1. The highest BCUT2D eigenvalue weighted by Gasteiger charge is 2.33. The van der Waals surface area contributed by atoms with Gasteiger partial charge < -0.3 is 10.2 Å². The SMILES string of the molecule is CC(C)NC(=O)C(Cc1ccccc1)N(Cc1ccccc1Cl)C(=O)CN(c1cccc(F)c1)S(C)(=O)=O. The molecule has 0 saturated carbocycles. The summed E-state index contributed by atoms with van der Waals surface area (Å²) in [5, 5.41) is 3.28. The maximum absolute atomic E-state index is 14.0. The van der Waals surface area contributed by atoms with Crippen LogP contribution in [0.4, 0.5) is 10.1 Å². The molecule has 0 heterocycles. The van der Waals surface area contributed by atoms with Crippen LogP contribution in [0, 0.1) is 5.82 Å². The number of benzene rings is 3. The molecule has 1 unspecified atom stereocenters. The van der Waals surface area contributed by atoms with E-state index in [2.05, 4.69) is 5.32 Å². The zero-order valence-corrected chi connectivity index (χ0v) is 23.0. The Bertz CT molecular complexity index is 1370. The molecule has 1 atom stereocenters. The number of anilines is 1. The number of carbonyl (C=O) groups is 2. The predicted molar refractivity (Wildman–Crippen MR) is 148 cm³/mol. The molecule has 0 bridgehead atoms. The fraction of sp³-hybridized carbons (Fsp3) is 0.286. The van der Waals surface area contributed by atoms with Gasteiger partial charge in [-0.1, -0.05) is 66.2 Å². The van der Waals surface area contributed by atoms with E-state index < -0.39 is 34.3 Å². The number of hydrogen-bond acceptors (Lipinski definition) is 4. The van der Waals surface area contributed by atoms with E-state index in [1.54, 1.807) is 24.3 Å². The fourth-order valence-corrected chi connectivity index (χ4v) is 5.03. The first kappa shape index (κ1) is 29.1. The van der Waals surface area contributed by atoms with E-state index in [1.807, 2.05) is 44.2 Å². The van der Waals surface area contributed by atoms with E-state index in [4.69, 9.17) is 11.6 Å². The quantitative estimate of drug-likeness (QED) is 0.377. The molecular formula is C28H31ClFN3O4S. The molecular weight excluding hydrogens is 529 g/mol. The largest absolute Gasteiger partial charge is 0.352 e. The summed E-state index contributed by atoms with van der Waals surface area (Å²) in [5.41, 5.74) is 1.41. The summed E-state index contributed by atoms with van der Waals surface area (Å²) in [6.07, 6.45) is 1.13. The first-order valence-corrected chi connectivity index (χ1v) is 14.3. The van der Waals surface area contributed by atoms with Gasteiger partial charge in [0.15, 0.2) is 0 Å². The van der Waals surface area contributed by atoms with E-state index in [1.165, 1.54) is 23.1 Å². The smallest absolute Gasteiger partial charge is 0.244 e. The van der Waals surface area contributed by atoms with E-state index in [9.17, 15) is 22.4 Å². The average Bonchev–Trinajstić information content (AvgIpc) is 2.85. The Kier molecular flexibility index (Phi) is 9.88. The lowest BCUT2D eigenvalue weighted by Gasteiger charge is -2.34. The summed E-state index contributed by atoms with van der Waals surface area (Å²) in [6, 6.07) is 20.0. The zero-order valence-electron chi connectivity index (χ0n) is 21.5. The topological polar surface area (TPSA) is 86.8 Å². The van der Waals surface area contributed by atoms with Crippen molar-refractivity contribution in [3.8, 4) is 0 Å². The molecule has 0 radical (unpaired) electrons. The number of rotatable bonds is 11. The number of hydrogen-bond donors (Lipinski definition) is 1. The van der Waals surface area contributed by atoms with Crippen molar-refractivity contribution >= 4 is 39.1 Å². The van der Waals surface area contributed by atoms with E-state index in [0.717, 1.165) is 22.2 Å². The van der Waals surface area contributed by atoms with Gasteiger partial charge in [0.1, 0.15) is 18.4 Å². The second-order valence-corrected chi connectivity index (χ2v) is 11.5. The minimum atomic E-state index is -3.98. The minimum absolute atomic E-state index is 0.00443. The molecule has 38 heavy (non-hydrogen) atoms. The normalized spacial score (nSPS) is 12.2. The van der Waals surface area contributed by atoms with Gasteiger partial charge in [0.2, 0.25) is 21.8 Å². The summed E-state index contributed by atoms with van der Waals surface area (Å²) in [7, 11) is -3.98. The highest BCUT2D eigenvalue weighted by molar-refractivity contribution is 7.92. The van der Waals surface area contributed by atoms with Crippen molar-refractivity contribution in [2.75, 3.05) is 17.1 Å². The number of amides is 2. The van der Waals surface area contributed by atoms with E-state index >= 15 is 0 Å². The standard InChI is InChI=1S/C28H31ClFN3O4S/c1-20(2)31-28(35)26(16-21-10-5-4-6-11-21)32(18-22-12-7-8-15-25(22)29)27(34)19-33(38(3,36)37)24-14-9-13-23(30)17-24/h4-15,17,20,26H,16,18-19H2,1-3H3,(H,31,35). The molecule has 3 aromatic carbocycles. The van der Waals surface area contributed by atoms with Gasteiger partial charge in [-0.2, -0.15) is 0 Å². The number of halogens is 2. The van der Waals surface area contributed by atoms with Crippen LogP contribution in [0.5, 0.6) is 0 Å². The molecule has 10 heteroatoms. The first-order chi connectivity index (χ1) is 18.0. The number of carbonyl (C=O) groups excluding carboxylic acids is 2. The van der Waals surface area contributed by atoms with Crippen LogP contribution in [-0.4, -0.2) is 50.0 Å². The van der Waals surface area contributed by atoms with Crippen LogP contribution in [0.15, 0.2) is 78.9 Å². The van der Waals surface area contributed by atoms with E-state index in [-0.39, 0.29) is 30.6 Å². The summed E-state index contributed by atoms with van der Waals surface area (Å²) in [5.74, 6) is -1.67. The molecule has 0 spiro atoms. The Labute approximate surface area is 228 Å². The average molecular weight is 560 g/mol. The third kappa shape index (κ3) is 8.03. The van der Waals surface area contributed by atoms with Crippen LogP contribution >= 0.6 is 11.6 Å². The van der Waals surface area contributed by atoms with Crippen molar-refractivity contribution in [2.24, 2.45) is 0 Å². The van der Waals surface area contributed by atoms with Crippen LogP contribution < -0.4 is 9.62 Å². The van der Waals surface area contributed by atoms with Gasteiger partial charge in [-0.25, -0.2) is 12.8 Å². The van der Waals surface area contributed by atoms with Crippen LogP contribution in [0.2, 0.25) is 5.02 Å². The van der Waals surface area contributed by atoms with Gasteiger partial charge >= 0.3 is 0 Å². The molecule has 7 nitrogen and oxygen atoms in total. The van der Waals surface area contributed by atoms with Crippen molar-refractivity contribution in [3.63, 3.8) is 0 Å². The Morgan fingerprint density at radius 1 is 0.974 bits per heavy atom. The van der Waals surface area contributed by atoms with E-state index in [0.29, 0.717) is 10.6 Å². The number of sulfonamides is 1. The molecule has 202 valence electrons. The lowest BCUT2D eigenvalue weighted by Crippen LogP contribution is -2.54. The van der Waals surface area contributed by atoms with Gasteiger partial charge in [-0.3, -0.25) is 13.9 Å². The van der Waals surface area contributed by atoms with Crippen LogP contribution in [0.3, 0.4) is 0 Å². The molecule has 0 saturated heterocycles. The Morgan fingerprint density at radius 3 is 2.24 bits per heavy atom. The molecule has 3 rings (SSSR count). The van der Waals surface area contributed by atoms with Crippen molar-refractivity contribution in [2.45, 2.75) is 38.9 Å². The third-order valence-corrected chi connectivity index (χ3v) is 7.29. The lowest BCUT2D eigenvalue weighted by atomic mass is 10.0. The summed E-state index contributed by atoms with van der Waals surface area (Å²) < 4.78 is 40.2. The second-order valence-electron chi connectivity index (χ2n) is 9.23. The molecule has 0 aliphatic carbocycles. The van der Waals surface area contributed by atoms with Crippen LogP contribution in [0.1, 0.15) is 25.0 Å². The highest BCUT2D eigenvalue weighted by atomic mass is 35.5.